The first kappa shape index (κ1) is 41.3. The van der Waals surface area contributed by atoms with E-state index >= 15 is 0 Å². The van der Waals surface area contributed by atoms with E-state index in [0.717, 1.165) is 59.6 Å². The molecule has 0 bridgehead atoms. The van der Waals surface area contributed by atoms with Gasteiger partial charge in [0.15, 0.2) is 0 Å². The summed E-state index contributed by atoms with van der Waals surface area (Å²) in [6.07, 6.45) is 14.1. The van der Waals surface area contributed by atoms with E-state index in [0.29, 0.717) is 6.61 Å². The van der Waals surface area contributed by atoms with Gasteiger partial charge in [0.25, 0.3) is 0 Å². The maximum absolute atomic E-state index is 11.8. The van der Waals surface area contributed by atoms with Gasteiger partial charge in [0.05, 0.1) is 25.7 Å². The summed E-state index contributed by atoms with van der Waals surface area (Å²) in [5.74, 6) is 4.13. The van der Waals surface area contributed by atoms with Gasteiger partial charge in [0.1, 0.15) is 22.7 Å². The Morgan fingerprint density at radius 1 is 0.911 bits per heavy atom. The van der Waals surface area contributed by atoms with Gasteiger partial charge >= 0.3 is 5.97 Å². The van der Waals surface area contributed by atoms with E-state index < -0.39 is 11.2 Å². The van der Waals surface area contributed by atoms with Gasteiger partial charge in [-0.1, -0.05) is 86.5 Å². The van der Waals surface area contributed by atoms with Crippen LogP contribution in [0.2, 0.25) is 0 Å². The van der Waals surface area contributed by atoms with Crippen molar-refractivity contribution in [3.8, 4) is 11.5 Å². The third-order valence-corrected chi connectivity index (χ3v) is 9.32. The Balaban J connectivity index is 0.00000496. The topological polar surface area (TPSA) is 54.0 Å². The molecule has 3 unspecified atom stereocenters. The van der Waals surface area contributed by atoms with Gasteiger partial charge in [0, 0.05) is 5.56 Å². The second kappa shape index (κ2) is 19.2. The van der Waals surface area contributed by atoms with E-state index in [1.807, 2.05) is 41.5 Å². The fourth-order valence-electron chi connectivity index (χ4n) is 6.36. The van der Waals surface area contributed by atoms with Crippen molar-refractivity contribution in [2.75, 3.05) is 13.7 Å². The third-order valence-electron chi connectivity index (χ3n) is 9.32. The minimum absolute atomic E-state index is 0.114. The Kier molecular flexibility index (Phi) is 17.6. The van der Waals surface area contributed by atoms with Crippen molar-refractivity contribution in [3.05, 3.63) is 22.8 Å². The smallest absolute Gasteiger partial charge is 0.308 e. The van der Waals surface area contributed by atoms with Crippen LogP contribution in [0.3, 0.4) is 0 Å². The third kappa shape index (κ3) is 15.1. The quantitative estimate of drug-likeness (QED) is 0.142. The van der Waals surface area contributed by atoms with Crippen molar-refractivity contribution in [2.24, 2.45) is 17.8 Å². The highest BCUT2D eigenvalue weighted by molar-refractivity contribution is 5.70. The first-order valence-electron chi connectivity index (χ1n) is 18.2. The van der Waals surface area contributed by atoms with Crippen molar-refractivity contribution in [1.82, 2.24) is 0 Å². The van der Waals surface area contributed by atoms with Crippen molar-refractivity contribution in [1.29, 1.82) is 0 Å². The van der Waals surface area contributed by atoms with Gasteiger partial charge in [-0.25, -0.2) is 0 Å². The normalized spacial score (nSPS) is 17.9. The molecule has 3 atom stereocenters. The predicted octanol–water partition coefficient (Wildman–Crippen LogP) is 11.4. The number of hydrogen-bond acceptors (Lipinski definition) is 5. The summed E-state index contributed by atoms with van der Waals surface area (Å²) < 4.78 is 24.2. The van der Waals surface area contributed by atoms with E-state index in [4.69, 9.17) is 18.9 Å². The Morgan fingerprint density at radius 3 is 2.02 bits per heavy atom. The summed E-state index contributed by atoms with van der Waals surface area (Å²) >= 11 is 0. The first-order chi connectivity index (χ1) is 21.0. The van der Waals surface area contributed by atoms with Crippen LogP contribution in [0.1, 0.15) is 163 Å². The lowest BCUT2D eigenvalue weighted by molar-refractivity contribution is -0.150. The highest BCUT2D eigenvalue weighted by Crippen LogP contribution is 2.43. The van der Waals surface area contributed by atoms with Crippen LogP contribution in [0.4, 0.5) is 0 Å². The fourth-order valence-corrected chi connectivity index (χ4v) is 6.36. The molecule has 0 saturated carbocycles. The molecule has 262 valence electrons. The average molecular weight is 633 g/mol. The number of fused-ring (bicyclic) bond motifs is 1. The van der Waals surface area contributed by atoms with Gasteiger partial charge < -0.3 is 18.9 Å². The zero-order valence-corrected chi connectivity index (χ0v) is 32.0. The number of carbonyl (C=O) groups excluding carboxylic acids is 1. The average Bonchev–Trinajstić information content (AvgIpc) is 2.95. The van der Waals surface area contributed by atoms with Crippen LogP contribution in [-0.4, -0.2) is 36.5 Å². The molecule has 1 aliphatic heterocycles. The Hall–Kier alpha value is -1.75. The zero-order valence-electron chi connectivity index (χ0n) is 32.0. The van der Waals surface area contributed by atoms with Gasteiger partial charge in [-0.3, -0.25) is 4.79 Å². The van der Waals surface area contributed by atoms with Crippen LogP contribution in [0.25, 0.3) is 0 Å². The Labute approximate surface area is 278 Å². The molecule has 0 spiro atoms. The molecule has 5 heteroatoms. The van der Waals surface area contributed by atoms with Crippen LogP contribution < -0.4 is 9.47 Å². The minimum atomic E-state index is -0.630. The van der Waals surface area contributed by atoms with E-state index in [9.17, 15) is 4.79 Å². The molecule has 1 heterocycles. The molecule has 0 saturated heterocycles. The van der Waals surface area contributed by atoms with Gasteiger partial charge in [-0.2, -0.15) is 0 Å². The number of methoxy groups -OCH3 is 1. The lowest BCUT2D eigenvalue weighted by Crippen LogP contribution is -2.40. The molecular weight excluding hydrogens is 560 g/mol. The highest BCUT2D eigenvalue weighted by Gasteiger charge is 2.34. The van der Waals surface area contributed by atoms with Crippen molar-refractivity contribution < 1.29 is 23.7 Å². The summed E-state index contributed by atoms with van der Waals surface area (Å²) in [6.45, 7) is 28.3. The molecule has 0 N–H and O–H groups in total. The summed E-state index contributed by atoms with van der Waals surface area (Å²) in [6, 6.07) is 2.16. The lowest BCUT2D eigenvalue weighted by atomic mass is 9.84. The maximum atomic E-state index is 11.8. The molecular formula is C40H72O5. The summed E-state index contributed by atoms with van der Waals surface area (Å²) in [5.41, 5.74) is 2.19. The SMILES string of the molecule is CC.COC(=O)CC(C)(C)OCC(C)(C)Oc1c(C)cc2c(c1C)CCC(C)(CCCC(C)CCCC(C)CCCC(C)C)O2. The van der Waals surface area contributed by atoms with Crippen molar-refractivity contribution in [3.63, 3.8) is 0 Å². The van der Waals surface area contributed by atoms with E-state index in [1.54, 1.807) is 0 Å². The molecule has 0 fully saturated rings. The molecule has 0 amide bonds. The maximum Gasteiger partial charge on any atom is 0.308 e. The number of aryl methyl sites for hydroxylation is 1. The van der Waals surface area contributed by atoms with Crippen LogP contribution >= 0.6 is 0 Å². The number of rotatable bonds is 19. The second-order valence-electron chi connectivity index (χ2n) is 15.7. The van der Waals surface area contributed by atoms with Crippen LogP contribution in [0, 0.1) is 31.6 Å². The molecule has 1 aromatic carbocycles. The van der Waals surface area contributed by atoms with Gasteiger partial charge in [-0.05, 0) is 109 Å². The van der Waals surface area contributed by atoms with Crippen LogP contribution in [-0.2, 0) is 20.7 Å². The molecule has 45 heavy (non-hydrogen) atoms. The fraction of sp³-hybridized carbons (Fsp3) is 0.825. The zero-order chi connectivity index (χ0) is 34.4. The molecule has 0 aromatic heterocycles. The first-order valence-corrected chi connectivity index (χ1v) is 18.2. The minimum Gasteiger partial charge on any atom is -0.487 e. The number of hydrogen-bond donors (Lipinski definition) is 0. The van der Waals surface area contributed by atoms with E-state index in [1.165, 1.54) is 64.0 Å². The molecule has 1 aromatic rings. The molecule has 2 rings (SSSR count). The number of esters is 1. The summed E-state index contributed by atoms with van der Waals surface area (Å²) in [4.78, 5) is 11.8. The highest BCUT2D eigenvalue weighted by atomic mass is 16.6. The summed E-state index contributed by atoms with van der Waals surface area (Å²) in [5, 5.41) is 0. The number of ether oxygens (including phenoxy) is 4. The monoisotopic (exact) mass is 633 g/mol. The largest absolute Gasteiger partial charge is 0.487 e. The van der Waals surface area contributed by atoms with E-state index in [2.05, 4.69) is 54.5 Å². The second-order valence-corrected chi connectivity index (χ2v) is 15.7. The molecule has 0 radical (unpaired) electrons. The molecule has 5 nitrogen and oxygen atoms in total. The predicted molar refractivity (Wildman–Crippen MR) is 191 cm³/mol. The van der Waals surface area contributed by atoms with Crippen LogP contribution in [0.5, 0.6) is 11.5 Å². The van der Waals surface area contributed by atoms with Crippen LogP contribution in [0.15, 0.2) is 6.07 Å². The standard InChI is InChI=1S/C38H66O5.C2H6/c1-27(2)16-13-17-28(3)18-14-19-29(4)20-15-22-38(11)23-21-32-31(6)35(30(5)24-33(32)42-38)43-37(9,10)26-41-36(7,8)25-34(39)40-12;1-2/h24,27-29H,13-23,25-26H2,1-12H3;1-2H3. The van der Waals surface area contributed by atoms with Gasteiger partial charge in [0.2, 0.25) is 0 Å². The molecule has 1 aliphatic rings. The Bertz CT molecular complexity index is 1010. The lowest BCUT2D eigenvalue weighted by Gasteiger charge is -2.38. The number of benzene rings is 1. The Morgan fingerprint density at radius 2 is 1.47 bits per heavy atom. The summed E-state index contributed by atoms with van der Waals surface area (Å²) in [7, 11) is 1.40. The van der Waals surface area contributed by atoms with E-state index in [-0.39, 0.29) is 18.0 Å². The number of carbonyl (C=O) groups is 1. The van der Waals surface area contributed by atoms with Crippen molar-refractivity contribution in [2.45, 2.75) is 184 Å². The molecule has 0 aliphatic carbocycles. The van der Waals surface area contributed by atoms with Crippen molar-refractivity contribution >= 4 is 5.97 Å². The van der Waals surface area contributed by atoms with Gasteiger partial charge in [-0.15, -0.1) is 0 Å².